The number of amides is 4. The highest BCUT2D eigenvalue weighted by Gasteiger charge is 2.23. The average molecular weight is 261 g/mol. The van der Waals surface area contributed by atoms with Crippen LogP contribution in [0.25, 0.3) is 0 Å². The van der Waals surface area contributed by atoms with E-state index >= 15 is 0 Å². The van der Waals surface area contributed by atoms with Crippen LogP contribution in [-0.4, -0.2) is 24.4 Å². The summed E-state index contributed by atoms with van der Waals surface area (Å²) in [7, 11) is 0. The van der Waals surface area contributed by atoms with Crippen molar-refractivity contribution in [1.29, 1.82) is 0 Å². The van der Waals surface area contributed by atoms with Crippen LogP contribution >= 0.6 is 0 Å². The van der Waals surface area contributed by atoms with Gasteiger partial charge < -0.3 is 5.32 Å². The summed E-state index contributed by atoms with van der Waals surface area (Å²) in [4.78, 5) is 35.0. The van der Waals surface area contributed by atoms with Crippen molar-refractivity contribution in [2.24, 2.45) is 0 Å². The first-order valence-electron chi connectivity index (χ1n) is 6.01. The van der Waals surface area contributed by atoms with Crippen molar-refractivity contribution in [2.75, 3.05) is 11.4 Å². The Bertz CT molecular complexity index is 510. The van der Waals surface area contributed by atoms with Gasteiger partial charge in [-0.25, -0.2) is 4.79 Å². The molecule has 2 rings (SSSR count). The van der Waals surface area contributed by atoms with Gasteiger partial charge in [0.2, 0.25) is 11.8 Å². The lowest BCUT2D eigenvalue weighted by Gasteiger charge is -2.26. The van der Waals surface area contributed by atoms with Crippen molar-refractivity contribution >= 4 is 23.5 Å². The number of urea groups is 1. The molecule has 0 radical (unpaired) electrons. The molecule has 6 heteroatoms. The van der Waals surface area contributed by atoms with Gasteiger partial charge in [0.25, 0.3) is 0 Å². The van der Waals surface area contributed by atoms with Crippen molar-refractivity contribution in [3.05, 3.63) is 29.8 Å². The number of anilines is 1. The molecule has 6 nitrogen and oxygen atoms in total. The van der Waals surface area contributed by atoms with Crippen molar-refractivity contribution in [1.82, 2.24) is 10.6 Å². The number of imide groups is 1. The Morgan fingerprint density at radius 1 is 1.32 bits per heavy atom. The molecule has 4 amide bonds. The summed E-state index contributed by atoms with van der Waals surface area (Å²) in [6.07, 6.45) is 0.305. The number of carbonyl (C=O) groups excluding carboxylic acids is 3. The molecule has 1 aromatic rings. The first-order chi connectivity index (χ1) is 9.06. The topological polar surface area (TPSA) is 78.5 Å². The van der Waals surface area contributed by atoms with E-state index in [1.54, 1.807) is 12.1 Å². The minimum Gasteiger partial charge on any atom is -0.352 e. The Balaban J connectivity index is 2.03. The third kappa shape index (κ3) is 3.31. The molecule has 0 atom stereocenters. The first kappa shape index (κ1) is 13.1. The lowest BCUT2D eigenvalue weighted by atomic mass is 10.2. The van der Waals surface area contributed by atoms with E-state index in [9.17, 15) is 14.4 Å². The molecular weight excluding hydrogens is 246 g/mol. The molecule has 0 bridgehead atoms. The van der Waals surface area contributed by atoms with Crippen LogP contribution < -0.4 is 15.5 Å². The van der Waals surface area contributed by atoms with E-state index in [1.807, 2.05) is 12.1 Å². The number of nitrogens with zero attached hydrogens (tertiary/aromatic N) is 1. The van der Waals surface area contributed by atoms with Crippen molar-refractivity contribution in [3.63, 3.8) is 0 Å². The summed E-state index contributed by atoms with van der Waals surface area (Å²) in [5.41, 5.74) is 1.68. The molecule has 0 aromatic heterocycles. The summed E-state index contributed by atoms with van der Waals surface area (Å²) in [5.74, 6) is -0.332. The molecule has 1 heterocycles. The first-order valence-corrected chi connectivity index (χ1v) is 6.01. The third-order valence-corrected chi connectivity index (χ3v) is 2.84. The predicted molar refractivity (Wildman–Crippen MR) is 69.5 cm³/mol. The Kier molecular flexibility index (Phi) is 3.79. The number of rotatable bonds is 3. The fourth-order valence-corrected chi connectivity index (χ4v) is 1.83. The summed E-state index contributed by atoms with van der Waals surface area (Å²) in [5, 5.41) is 4.97. The van der Waals surface area contributed by atoms with E-state index in [0.29, 0.717) is 19.5 Å². The van der Waals surface area contributed by atoms with Gasteiger partial charge in [-0.3, -0.25) is 19.8 Å². The van der Waals surface area contributed by atoms with Crippen LogP contribution in [0, 0.1) is 0 Å². The molecule has 1 aliphatic rings. The number of hydrogen-bond acceptors (Lipinski definition) is 3. The molecule has 100 valence electrons. The van der Waals surface area contributed by atoms with Crippen LogP contribution in [0.4, 0.5) is 10.5 Å². The number of carbonyl (C=O) groups is 3. The van der Waals surface area contributed by atoms with Gasteiger partial charge in [-0.05, 0) is 17.7 Å². The highest BCUT2D eigenvalue weighted by atomic mass is 16.2. The number of nitrogens with one attached hydrogen (secondary N) is 2. The highest BCUT2D eigenvalue weighted by Crippen LogP contribution is 2.17. The standard InChI is InChI=1S/C13H15N3O3/c1-9(17)14-8-10-2-4-11(5-3-10)16-7-6-12(18)15-13(16)19/h2-5H,6-8H2,1H3,(H,14,17)(H,15,18,19). The molecule has 0 saturated carbocycles. The minimum absolute atomic E-state index is 0.0852. The monoisotopic (exact) mass is 261 g/mol. The third-order valence-electron chi connectivity index (χ3n) is 2.84. The molecule has 1 saturated heterocycles. The van der Waals surface area contributed by atoms with E-state index in [-0.39, 0.29) is 11.8 Å². The maximum atomic E-state index is 11.6. The Morgan fingerprint density at radius 3 is 2.58 bits per heavy atom. The van der Waals surface area contributed by atoms with E-state index in [2.05, 4.69) is 10.6 Å². The molecule has 0 spiro atoms. The zero-order valence-corrected chi connectivity index (χ0v) is 10.6. The maximum absolute atomic E-state index is 11.6. The normalized spacial score (nSPS) is 15.1. The second-order valence-corrected chi connectivity index (χ2v) is 4.33. The smallest absolute Gasteiger partial charge is 0.328 e. The number of benzene rings is 1. The largest absolute Gasteiger partial charge is 0.352 e. The van der Waals surface area contributed by atoms with Gasteiger partial charge in [-0.2, -0.15) is 0 Å². The summed E-state index contributed by atoms with van der Waals surface area (Å²) < 4.78 is 0. The van der Waals surface area contributed by atoms with Crippen molar-refractivity contribution in [3.8, 4) is 0 Å². The fourth-order valence-electron chi connectivity index (χ4n) is 1.83. The van der Waals surface area contributed by atoms with E-state index < -0.39 is 6.03 Å². The average Bonchev–Trinajstić information content (AvgIpc) is 2.37. The molecule has 0 aliphatic carbocycles. The Morgan fingerprint density at radius 2 is 2.00 bits per heavy atom. The lowest BCUT2D eigenvalue weighted by Crippen LogP contribution is -2.49. The van der Waals surface area contributed by atoms with Crippen LogP contribution in [-0.2, 0) is 16.1 Å². The molecule has 19 heavy (non-hydrogen) atoms. The summed E-state index contributed by atoms with van der Waals surface area (Å²) in [6, 6.07) is 6.88. The second kappa shape index (κ2) is 5.51. The van der Waals surface area contributed by atoms with Gasteiger partial charge in [-0.1, -0.05) is 12.1 Å². The van der Waals surface area contributed by atoms with Crippen LogP contribution in [0.1, 0.15) is 18.9 Å². The second-order valence-electron chi connectivity index (χ2n) is 4.33. The molecule has 1 aromatic carbocycles. The van der Waals surface area contributed by atoms with Crippen LogP contribution in [0.3, 0.4) is 0 Å². The molecular formula is C13H15N3O3. The molecule has 1 fully saturated rings. The highest BCUT2D eigenvalue weighted by molar-refractivity contribution is 6.05. The molecule has 0 unspecified atom stereocenters. The Labute approximate surface area is 110 Å². The van der Waals surface area contributed by atoms with Crippen LogP contribution in [0.15, 0.2) is 24.3 Å². The minimum atomic E-state index is -0.397. The van der Waals surface area contributed by atoms with Gasteiger partial charge in [0, 0.05) is 32.1 Å². The quantitative estimate of drug-likeness (QED) is 0.843. The van der Waals surface area contributed by atoms with Gasteiger partial charge in [0.1, 0.15) is 0 Å². The fraction of sp³-hybridized carbons (Fsp3) is 0.308. The molecule has 2 N–H and O–H groups in total. The number of hydrogen-bond donors (Lipinski definition) is 2. The maximum Gasteiger partial charge on any atom is 0.328 e. The SMILES string of the molecule is CC(=O)NCc1ccc(N2CCC(=O)NC2=O)cc1. The van der Waals surface area contributed by atoms with E-state index in [0.717, 1.165) is 11.3 Å². The zero-order valence-electron chi connectivity index (χ0n) is 10.6. The van der Waals surface area contributed by atoms with Crippen LogP contribution in [0.5, 0.6) is 0 Å². The zero-order chi connectivity index (χ0) is 13.8. The van der Waals surface area contributed by atoms with Gasteiger partial charge in [0.05, 0.1) is 0 Å². The van der Waals surface area contributed by atoms with Crippen molar-refractivity contribution < 1.29 is 14.4 Å². The predicted octanol–water partition coefficient (Wildman–Crippen LogP) is 0.769. The van der Waals surface area contributed by atoms with Crippen LogP contribution in [0.2, 0.25) is 0 Å². The Hall–Kier alpha value is -2.37. The van der Waals surface area contributed by atoms with E-state index in [1.165, 1.54) is 11.8 Å². The van der Waals surface area contributed by atoms with Gasteiger partial charge >= 0.3 is 6.03 Å². The van der Waals surface area contributed by atoms with E-state index in [4.69, 9.17) is 0 Å². The summed E-state index contributed by atoms with van der Waals surface area (Å²) in [6.45, 7) is 2.31. The van der Waals surface area contributed by atoms with Crippen molar-refractivity contribution in [2.45, 2.75) is 19.9 Å². The van der Waals surface area contributed by atoms with Gasteiger partial charge in [0.15, 0.2) is 0 Å². The molecule has 1 aliphatic heterocycles. The summed E-state index contributed by atoms with van der Waals surface area (Å²) >= 11 is 0. The van der Waals surface area contributed by atoms with Gasteiger partial charge in [-0.15, -0.1) is 0 Å². The lowest BCUT2D eigenvalue weighted by molar-refractivity contribution is -0.120.